The van der Waals surface area contributed by atoms with Crippen molar-refractivity contribution in [2.75, 3.05) is 32.7 Å². The van der Waals surface area contributed by atoms with Gasteiger partial charge in [-0.05, 0) is 49.9 Å². The van der Waals surface area contributed by atoms with Crippen molar-refractivity contribution in [2.45, 2.75) is 37.8 Å². The van der Waals surface area contributed by atoms with Crippen LogP contribution in [-0.4, -0.2) is 71.5 Å². The third-order valence-electron chi connectivity index (χ3n) is 6.20. The molecule has 7 nitrogen and oxygen atoms in total. The quantitative estimate of drug-likeness (QED) is 0.774. The molecule has 0 aliphatic carbocycles. The van der Waals surface area contributed by atoms with Gasteiger partial charge in [-0.2, -0.15) is 0 Å². The number of nitrogens with zero attached hydrogens (tertiary/aromatic N) is 3. The minimum Gasteiger partial charge on any atom is -0.490 e. The predicted octanol–water partition coefficient (Wildman–Crippen LogP) is 2.35. The number of hydrogen-bond donors (Lipinski definition) is 1. The van der Waals surface area contributed by atoms with Crippen LogP contribution < -0.4 is 10.1 Å². The molecule has 0 bridgehead atoms. The van der Waals surface area contributed by atoms with Crippen LogP contribution in [0.1, 0.15) is 36.0 Å². The number of carbonyl (C=O) groups excluding carboxylic acids is 2. The van der Waals surface area contributed by atoms with Crippen molar-refractivity contribution in [3.05, 3.63) is 60.4 Å². The molecule has 4 rings (SSSR count). The van der Waals surface area contributed by atoms with Gasteiger partial charge in [0.05, 0.1) is 6.54 Å². The zero-order valence-corrected chi connectivity index (χ0v) is 17.8. The first-order valence-electron chi connectivity index (χ1n) is 11.1. The first-order valence-corrected chi connectivity index (χ1v) is 11.1. The molecule has 1 aromatic carbocycles. The molecule has 2 aliphatic heterocycles. The van der Waals surface area contributed by atoms with Gasteiger partial charge in [-0.1, -0.05) is 18.2 Å². The van der Waals surface area contributed by atoms with Crippen LogP contribution >= 0.6 is 0 Å². The van der Waals surface area contributed by atoms with E-state index in [1.165, 1.54) is 0 Å². The lowest BCUT2D eigenvalue weighted by Gasteiger charge is -2.41. The maximum Gasteiger partial charge on any atom is 0.251 e. The SMILES string of the molecule is O=C(NCC(=O)N1CCC(N2CCC(Oc3ccncc3)CC2)CC1)c1ccccc1. The smallest absolute Gasteiger partial charge is 0.251 e. The van der Waals surface area contributed by atoms with E-state index in [2.05, 4.69) is 15.2 Å². The Hall–Kier alpha value is -2.93. The van der Waals surface area contributed by atoms with E-state index in [1.807, 2.05) is 35.2 Å². The second-order valence-corrected chi connectivity index (χ2v) is 8.20. The number of ether oxygens (including phenoxy) is 1. The summed E-state index contributed by atoms with van der Waals surface area (Å²) in [6, 6.07) is 13.3. The molecule has 164 valence electrons. The molecule has 2 saturated heterocycles. The Bertz CT molecular complexity index is 846. The van der Waals surface area contributed by atoms with Crippen molar-refractivity contribution < 1.29 is 14.3 Å². The Balaban J connectivity index is 1.16. The number of amides is 2. The summed E-state index contributed by atoms with van der Waals surface area (Å²) < 4.78 is 6.06. The number of aromatic nitrogens is 1. The van der Waals surface area contributed by atoms with Crippen LogP contribution in [0, 0.1) is 0 Å². The Labute approximate surface area is 183 Å². The van der Waals surface area contributed by atoms with Crippen LogP contribution in [0.2, 0.25) is 0 Å². The molecule has 1 aromatic heterocycles. The van der Waals surface area contributed by atoms with Crippen molar-refractivity contribution in [3.63, 3.8) is 0 Å². The number of rotatable bonds is 6. The molecule has 3 heterocycles. The molecule has 7 heteroatoms. The molecular formula is C24H30N4O3. The lowest BCUT2D eigenvalue weighted by atomic mass is 9.98. The summed E-state index contributed by atoms with van der Waals surface area (Å²) in [7, 11) is 0. The van der Waals surface area contributed by atoms with Crippen molar-refractivity contribution in [3.8, 4) is 5.75 Å². The fourth-order valence-electron chi connectivity index (χ4n) is 4.41. The molecule has 0 spiro atoms. The second-order valence-electron chi connectivity index (χ2n) is 8.20. The summed E-state index contributed by atoms with van der Waals surface area (Å²) in [5.74, 6) is 0.674. The highest BCUT2D eigenvalue weighted by Crippen LogP contribution is 2.23. The average molecular weight is 423 g/mol. The average Bonchev–Trinajstić information content (AvgIpc) is 2.84. The lowest BCUT2D eigenvalue weighted by Crippen LogP contribution is -2.51. The van der Waals surface area contributed by atoms with E-state index >= 15 is 0 Å². The zero-order valence-electron chi connectivity index (χ0n) is 17.8. The monoisotopic (exact) mass is 422 g/mol. The number of piperidine rings is 2. The van der Waals surface area contributed by atoms with Gasteiger partial charge in [0.1, 0.15) is 11.9 Å². The molecular weight excluding hydrogens is 392 g/mol. The van der Waals surface area contributed by atoms with E-state index in [-0.39, 0.29) is 24.5 Å². The highest BCUT2D eigenvalue weighted by atomic mass is 16.5. The van der Waals surface area contributed by atoms with Gasteiger partial charge >= 0.3 is 0 Å². The molecule has 31 heavy (non-hydrogen) atoms. The van der Waals surface area contributed by atoms with E-state index in [4.69, 9.17) is 4.74 Å². The number of hydrogen-bond acceptors (Lipinski definition) is 5. The number of carbonyl (C=O) groups is 2. The molecule has 0 saturated carbocycles. The summed E-state index contributed by atoms with van der Waals surface area (Å²) in [5.41, 5.74) is 0.574. The van der Waals surface area contributed by atoms with E-state index in [9.17, 15) is 9.59 Å². The Kier molecular flexibility index (Phi) is 7.14. The minimum absolute atomic E-state index is 0.00723. The van der Waals surface area contributed by atoms with E-state index in [0.717, 1.165) is 57.6 Å². The van der Waals surface area contributed by atoms with Crippen molar-refractivity contribution in [1.82, 2.24) is 20.1 Å². The molecule has 2 aromatic rings. The maximum absolute atomic E-state index is 12.5. The van der Waals surface area contributed by atoms with E-state index < -0.39 is 0 Å². The van der Waals surface area contributed by atoms with Gasteiger partial charge in [0.25, 0.3) is 5.91 Å². The Morgan fingerprint density at radius 1 is 0.935 bits per heavy atom. The largest absolute Gasteiger partial charge is 0.490 e. The van der Waals surface area contributed by atoms with Gasteiger partial charge in [0.15, 0.2) is 0 Å². The summed E-state index contributed by atoms with van der Waals surface area (Å²) >= 11 is 0. The van der Waals surface area contributed by atoms with E-state index in [0.29, 0.717) is 11.6 Å². The predicted molar refractivity (Wildman–Crippen MR) is 118 cm³/mol. The van der Waals surface area contributed by atoms with Crippen LogP contribution in [0.3, 0.4) is 0 Å². The summed E-state index contributed by atoms with van der Waals surface area (Å²) in [4.78, 5) is 33.1. The highest BCUT2D eigenvalue weighted by Gasteiger charge is 2.30. The van der Waals surface area contributed by atoms with Gasteiger partial charge in [-0.25, -0.2) is 0 Å². The van der Waals surface area contributed by atoms with Crippen LogP contribution in [-0.2, 0) is 4.79 Å². The van der Waals surface area contributed by atoms with Crippen LogP contribution in [0.25, 0.3) is 0 Å². The second kappa shape index (κ2) is 10.4. The van der Waals surface area contributed by atoms with Crippen molar-refractivity contribution in [1.29, 1.82) is 0 Å². The highest BCUT2D eigenvalue weighted by molar-refractivity contribution is 5.96. The van der Waals surface area contributed by atoms with Crippen LogP contribution in [0.4, 0.5) is 0 Å². The first kappa shape index (κ1) is 21.3. The molecule has 2 fully saturated rings. The number of benzene rings is 1. The standard InChI is InChI=1S/C24H30N4O3/c29-23(18-26-24(30)19-4-2-1-3-5-19)28-14-8-20(9-15-28)27-16-10-22(11-17-27)31-21-6-12-25-13-7-21/h1-7,12-13,20,22H,8-11,14-18H2,(H,26,30). The molecule has 2 aliphatic rings. The third kappa shape index (κ3) is 5.82. The van der Waals surface area contributed by atoms with Crippen molar-refractivity contribution in [2.24, 2.45) is 0 Å². The molecule has 0 radical (unpaired) electrons. The number of pyridine rings is 1. The van der Waals surface area contributed by atoms with Crippen molar-refractivity contribution >= 4 is 11.8 Å². The first-order chi connectivity index (χ1) is 15.2. The molecule has 1 N–H and O–H groups in total. The summed E-state index contributed by atoms with van der Waals surface area (Å²) in [6.07, 6.45) is 7.77. The minimum atomic E-state index is -0.208. The lowest BCUT2D eigenvalue weighted by molar-refractivity contribution is -0.131. The topological polar surface area (TPSA) is 74.8 Å². The molecule has 0 atom stereocenters. The zero-order chi connectivity index (χ0) is 21.5. The number of likely N-dealkylation sites (tertiary alicyclic amines) is 2. The van der Waals surface area contributed by atoms with Gasteiger partial charge in [0.2, 0.25) is 5.91 Å². The van der Waals surface area contributed by atoms with Gasteiger partial charge < -0.3 is 15.0 Å². The fraction of sp³-hybridized carbons (Fsp3) is 0.458. The normalized spacial score (nSPS) is 18.5. The van der Waals surface area contributed by atoms with Crippen LogP contribution in [0.5, 0.6) is 5.75 Å². The maximum atomic E-state index is 12.5. The Morgan fingerprint density at radius 2 is 1.61 bits per heavy atom. The third-order valence-corrected chi connectivity index (χ3v) is 6.20. The van der Waals surface area contributed by atoms with Crippen LogP contribution in [0.15, 0.2) is 54.9 Å². The molecule has 0 unspecified atom stereocenters. The summed E-state index contributed by atoms with van der Waals surface area (Å²) in [5, 5.41) is 2.74. The fourth-order valence-corrected chi connectivity index (χ4v) is 4.41. The summed E-state index contributed by atoms with van der Waals surface area (Å²) in [6.45, 7) is 3.61. The Morgan fingerprint density at radius 3 is 2.29 bits per heavy atom. The number of nitrogens with one attached hydrogen (secondary N) is 1. The van der Waals surface area contributed by atoms with Gasteiger partial charge in [-0.3, -0.25) is 19.5 Å². The molecule has 2 amide bonds. The van der Waals surface area contributed by atoms with E-state index in [1.54, 1.807) is 24.5 Å². The van der Waals surface area contributed by atoms with Gasteiger partial charge in [-0.15, -0.1) is 0 Å². The van der Waals surface area contributed by atoms with Gasteiger partial charge in [0, 0.05) is 50.2 Å².